The van der Waals surface area contributed by atoms with Crippen LogP contribution in [0.3, 0.4) is 0 Å². The summed E-state index contributed by atoms with van der Waals surface area (Å²) >= 11 is 0. The predicted molar refractivity (Wildman–Crippen MR) is 77.1 cm³/mol. The molecule has 0 unspecified atom stereocenters. The van der Waals surface area contributed by atoms with E-state index in [0.29, 0.717) is 6.54 Å². The molecule has 0 saturated carbocycles. The number of para-hydroxylation sites is 1. The van der Waals surface area contributed by atoms with Crippen molar-refractivity contribution in [1.29, 1.82) is 0 Å². The summed E-state index contributed by atoms with van der Waals surface area (Å²) in [4.78, 5) is 2.27. The van der Waals surface area contributed by atoms with Gasteiger partial charge in [-0.1, -0.05) is 18.2 Å². The third-order valence-electron chi connectivity index (χ3n) is 4.50. The Morgan fingerprint density at radius 2 is 2.10 bits per heavy atom. The lowest BCUT2D eigenvalue weighted by atomic mass is 10.1. The molecule has 3 aliphatic rings. The highest BCUT2D eigenvalue weighted by molar-refractivity contribution is 5.57. The van der Waals surface area contributed by atoms with Crippen molar-refractivity contribution in [1.82, 2.24) is 0 Å². The van der Waals surface area contributed by atoms with E-state index in [4.69, 9.17) is 14.2 Å². The van der Waals surface area contributed by atoms with Gasteiger partial charge in [0, 0.05) is 18.8 Å². The molecule has 114 valence electrons. The Morgan fingerprint density at radius 3 is 2.90 bits per heavy atom. The normalized spacial score (nSPS) is 36.8. The van der Waals surface area contributed by atoms with Crippen LogP contribution >= 0.6 is 0 Å². The van der Waals surface area contributed by atoms with Crippen LogP contribution in [0.2, 0.25) is 0 Å². The van der Waals surface area contributed by atoms with Crippen molar-refractivity contribution in [2.24, 2.45) is 0 Å². The van der Waals surface area contributed by atoms with Crippen LogP contribution in [0.5, 0.6) is 0 Å². The van der Waals surface area contributed by atoms with Gasteiger partial charge < -0.3 is 24.2 Å². The molecule has 4 atom stereocenters. The van der Waals surface area contributed by atoms with Gasteiger partial charge in [-0.2, -0.15) is 0 Å². The zero-order valence-electron chi connectivity index (χ0n) is 12.4. The first-order valence-corrected chi connectivity index (χ1v) is 7.55. The highest BCUT2D eigenvalue weighted by Crippen LogP contribution is 2.38. The van der Waals surface area contributed by atoms with E-state index >= 15 is 0 Å². The van der Waals surface area contributed by atoms with Crippen LogP contribution < -0.4 is 4.90 Å². The molecular formula is C16H21NO4. The topological polar surface area (TPSA) is 51.2 Å². The lowest BCUT2D eigenvalue weighted by Crippen LogP contribution is -2.41. The molecule has 1 aromatic rings. The third-order valence-corrected chi connectivity index (χ3v) is 4.50. The van der Waals surface area contributed by atoms with E-state index in [1.165, 1.54) is 11.3 Å². The quantitative estimate of drug-likeness (QED) is 0.890. The van der Waals surface area contributed by atoms with Gasteiger partial charge in [0.05, 0.1) is 0 Å². The molecule has 4 rings (SSSR count). The van der Waals surface area contributed by atoms with Gasteiger partial charge in [0.1, 0.15) is 18.3 Å². The first-order chi connectivity index (χ1) is 10.0. The van der Waals surface area contributed by atoms with E-state index in [0.717, 1.165) is 13.0 Å². The number of anilines is 1. The van der Waals surface area contributed by atoms with E-state index in [9.17, 15) is 5.11 Å². The summed E-state index contributed by atoms with van der Waals surface area (Å²) in [5.41, 5.74) is 2.60. The van der Waals surface area contributed by atoms with Crippen molar-refractivity contribution in [2.45, 2.75) is 50.7 Å². The minimum Gasteiger partial charge on any atom is -0.387 e. The Labute approximate surface area is 124 Å². The highest BCUT2D eigenvalue weighted by Gasteiger charge is 2.54. The Morgan fingerprint density at radius 1 is 1.29 bits per heavy atom. The molecule has 0 aromatic heterocycles. The standard InChI is InChI=1S/C16H21NO4/c1-16(2)20-14-13(18)12(19-15(14)21-16)9-17-8-7-10-5-3-4-6-11(10)17/h3-6,12-15,18H,7-9H2,1-2H3/t12-,13+,14-,15-/m1/s1. The zero-order chi connectivity index (χ0) is 14.6. The summed E-state index contributed by atoms with van der Waals surface area (Å²) < 4.78 is 17.3. The number of fused-ring (bicyclic) bond motifs is 2. The highest BCUT2D eigenvalue weighted by atomic mass is 16.8. The molecule has 2 saturated heterocycles. The average molecular weight is 291 g/mol. The number of hydrogen-bond acceptors (Lipinski definition) is 5. The van der Waals surface area contributed by atoms with Gasteiger partial charge in [0.15, 0.2) is 12.1 Å². The molecule has 0 radical (unpaired) electrons. The van der Waals surface area contributed by atoms with Gasteiger partial charge in [-0.15, -0.1) is 0 Å². The van der Waals surface area contributed by atoms with Crippen LogP contribution in [0.15, 0.2) is 24.3 Å². The molecule has 0 aliphatic carbocycles. The number of aliphatic hydroxyl groups excluding tert-OH is 1. The summed E-state index contributed by atoms with van der Waals surface area (Å²) in [6.45, 7) is 5.31. The van der Waals surface area contributed by atoms with Crippen LogP contribution in [0.1, 0.15) is 19.4 Å². The fraction of sp³-hybridized carbons (Fsp3) is 0.625. The minimum atomic E-state index is -0.679. The van der Waals surface area contributed by atoms with E-state index in [2.05, 4.69) is 23.1 Å². The van der Waals surface area contributed by atoms with Crippen LogP contribution in [-0.2, 0) is 20.6 Å². The second-order valence-corrected chi connectivity index (χ2v) is 6.46. The van der Waals surface area contributed by atoms with Gasteiger partial charge in [0.25, 0.3) is 0 Å². The fourth-order valence-electron chi connectivity index (χ4n) is 3.52. The molecule has 5 nitrogen and oxygen atoms in total. The second-order valence-electron chi connectivity index (χ2n) is 6.46. The van der Waals surface area contributed by atoms with Crippen LogP contribution in [0, 0.1) is 0 Å². The Hall–Kier alpha value is -1.14. The SMILES string of the molecule is CC1(C)O[C@H]2O[C@H](CN3CCc4ccccc43)[C@H](O)[C@H]2O1. The van der Waals surface area contributed by atoms with Crippen molar-refractivity contribution in [3.63, 3.8) is 0 Å². The van der Waals surface area contributed by atoms with Gasteiger partial charge in [-0.25, -0.2) is 0 Å². The molecule has 5 heteroatoms. The number of rotatable bonds is 2. The maximum Gasteiger partial charge on any atom is 0.190 e. The van der Waals surface area contributed by atoms with Crippen LogP contribution in [0.25, 0.3) is 0 Å². The van der Waals surface area contributed by atoms with Crippen molar-refractivity contribution < 1.29 is 19.3 Å². The van der Waals surface area contributed by atoms with Gasteiger partial charge in [-0.05, 0) is 31.9 Å². The number of hydrogen-bond donors (Lipinski definition) is 1. The minimum absolute atomic E-state index is 0.276. The Kier molecular flexibility index (Phi) is 3.01. The number of aliphatic hydroxyl groups is 1. The molecule has 0 spiro atoms. The van der Waals surface area contributed by atoms with Crippen molar-refractivity contribution >= 4 is 5.69 Å². The van der Waals surface area contributed by atoms with Gasteiger partial charge in [0.2, 0.25) is 0 Å². The van der Waals surface area contributed by atoms with Crippen LogP contribution in [-0.4, -0.2) is 48.6 Å². The summed E-state index contributed by atoms with van der Waals surface area (Å²) in [6.07, 6.45) is -0.723. The van der Waals surface area contributed by atoms with Crippen LogP contribution in [0.4, 0.5) is 5.69 Å². The van der Waals surface area contributed by atoms with E-state index in [-0.39, 0.29) is 12.2 Å². The van der Waals surface area contributed by atoms with Crippen molar-refractivity contribution in [3.05, 3.63) is 29.8 Å². The van der Waals surface area contributed by atoms with Gasteiger partial charge >= 0.3 is 0 Å². The maximum atomic E-state index is 10.4. The first kappa shape index (κ1) is 13.5. The zero-order valence-corrected chi connectivity index (χ0v) is 12.4. The lowest BCUT2D eigenvalue weighted by molar-refractivity contribution is -0.213. The fourth-order valence-corrected chi connectivity index (χ4v) is 3.52. The Balaban J connectivity index is 1.46. The lowest BCUT2D eigenvalue weighted by Gasteiger charge is -2.27. The number of nitrogens with zero attached hydrogens (tertiary/aromatic N) is 1. The Bertz CT molecular complexity index is 547. The molecule has 1 aromatic carbocycles. The largest absolute Gasteiger partial charge is 0.387 e. The molecule has 0 amide bonds. The summed E-state index contributed by atoms with van der Waals surface area (Å²) in [5, 5.41) is 10.4. The number of benzene rings is 1. The van der Waals surface area contributed by atoms with Gasteiger partial charge in [-0.3, -0.25) is 0 Å². The number of ether oxygens (including phenoxy) is 3. The monoisotopic (exact) mass is 291 g/mol. The second kappa shape index (κ2) is 4.68. The molecule has 3 heterocycles. The van der Waals surface area contributed by atoms with E-state index in [1.807, 2.05) is 19.9 Å². The smallest absolute Gasteiger partial charge is 0.190 e. The summed E-state index contributed by atoms with van der Waals surface area (Å²) in [7, 11) is 0. The molecule has 1 N–H and O–H groups in total. The van der Waals surface area contributed by atoms with Crippen molar-refractivity contribution in [2.75, 3.05) is 18.0 Å². The predicted octanol–water partition coefficient (Wildman–Crippen LogP) is 1.29. The van der Waals surface area contributed by atoms with Crippen molar-refractivity contribution in [3.8, 4) is 0 Å². The molecule has 3 aliphatic heterocycles. The average Bonchev–Trinajstić information content (AvgIpc) is 3.06. The molecule has 0 bridgehead atoms. The molecule has 2 fully saturated rings. The molecule has 21 heavy (non-hydrogen) atoms. The first-order valence-electron chi connectivity index (χ1n) is 7.55. The summed E-state index contributed by atoms with van der Waals surface area (Å²) in [6, 6.07) is 8.40. The maximum absolute atomic E-state index is 10.4. The van der Waals surface area contributed by atoms with E-state index < -0.39 is 18.2 Å². The van der Waals surface area contributed by atoms with E-state index in [1.54, 1.807) is 0 Å². The summed E-state index contributed by atoms with van der Waals surface area (Å²) in [5.74, 6) is -0.679. The third kappa shape index (κ3) is 2.25. The molecular weight excluding hydrogens is 270 g/mol.